The van der Waals surface area contributed by atoms with Gasteiger partial charge in [0.2, 0.25) is 0 Å². The van der Waals surface area contributed by atoms with Crippen LogP contribution in [0.25, 0.3) is 0 Å². The fraction of sp³-hybridized carbons (Fsp3) is 0.467. The molecule has 120 valence electrons. The Morgan fingerprint density at radius 3 is 2.77 bits per heavy atom. The van der Waals surface area contributed by atoms with Crippen LogP contribution in [0.2, 0.25) is 0 Å². The molecule has 1 atom stereocenters. The van der Waals surface area contributed by atoms with Crippen molar-refractivity contribution in [2.45, 2.75) is 12.6 Å². The van der Waals surface area contributed by atoms with Gasteiger partial charge < -0.3 is 15.5 Å². The first-order chi connectivity index (χ1) is 10.6. The third-order valence-electron chi connectivity index (χ3n) is 3.54. The summed E-state index contributed by atoms with van der Waals surface area (Å²) in [6.07, 6.45) is 1.80. The number of hydrogen-bond acceptors (Lipinski definition) is 4. The molecular formula is C15H24N6S. The second-order valence-electron chi connectivity index (χ2n) is 5.25. The molecule has 0 saturated heterocycles. The first-order valence-electron chi connectivity index (χ1n) is 7.23. The highest BCUT2D eigenvalue weighted by Gasteiger charge is 2.15. The molecule has 6 nitrogen and oxygen atoms in total. The lowest BCUT2D eigenvalue weighted by Crippen LogP contribution is -2.41. The van der Waals surface area contributed by atoms with E-state index >= 15 is 0 Å². The van der Waals surface area contributed by atoms with E-state index in [0.29, 0.717) is 12.6 Å². The Hall–Kier alpha value is -1.86. The number of nitrogens with zero attached hydrogens (tertiary/aromatic N) is 4. The molecule has 0 aliphatic heterocycles. The lowest BCUT2D eigenvalue weighted by molar-refractivity contribution is 0.302. The average molecular weight is 320 g/mol. The number of thiophene rings is 1. The Bertz CT molecular complexity index is 587. The molecule has 1 unspecified atom stereocenters. The number of rotatable bonds is 6. The number of aromatic nitrogens is 2. The number of aliphatic imine (C=N–C) groups is 1. The zero-order valence-electron chi connectivity index (χ0n) is 13.6. The van der Waals surface area contributed by atoms with Gasteiger partial charge in [-0.2, -0.15) is 5.10 Å². The van der Waals surface area contributed by atoms with Gasteiger partial charge in [-0.3, -0.25) is 9.67 Å². The molecule has 2 rings (SSSR count). The van der Waals surface area contributed by atoms with Crippen LogP contribution in [0.5, 0.6) is 0 Å². The van der Waals surface area contributed by atoms with Crippen molar-refractivity contribution in [3.63, 3.8) is 0 Å². The summed E-state index contributed by atoms with van der Waals surface area (Å²) in [5, 5.41) is 13.0. The number of hydrogen-bond donors (Lipinski definition) is 2. The summed E-state index contributed by atoms with van der Waals surface area (Å²) in [6, 6.07) is 6.58. The van der Waals surface area contributed by atoms with Crippen molar-refractivity contribution in [2.24, 2.45) is 12.0 Å². The molecule has 0 saturated carbocycles. The monoisotopic (exact) mass is 320 g/mol. The predicted octanol–water partition coefficient (Wildman–Crippen LogP) is 1.45. The molecule has 0 aromatic carbocycles. The summed E-state index contributed by atoms with van der Waals surface area (Å²) in [4.78, 5) is 7.84. The normalized spacial score (nSPS) is 13.4. The SMILES string of the molecule is CN=C(NCc1ccnn1C)NCC(c1cccs1)N(C)C. The molecular weight excluding hydrogens is 296 g/mol. The van der Waals surface area contributed by atoms with Crippen LogP contribution in [0.1, 0.15) is 16.6 Å². The average Bonchev–Trinajstić information content (AvgIpc) is 3.14. The highest BCUT2D eigenvalue weighted by molar-refractivity contribution is 7.10. The molecule has 22 heavy (non-hydrogen) atoms. The molecule has 2 heterocycles. The summed E-state index contributed by atoms with van der Waals surface area (Å²) in [6.45, 7) is 1.50. The molecule has 0 fully saturated rings. The summed E-state index contributed by atoms with van der Waals surface area (Å²) in [5.41, 5.74) is 1.12. The third kappa shape index (κ3) is 4.32. The van der Waals surface area contributed by atoms with Gasteiger partial charge in [-0.1, -0.05) is 6.07 Å². The van der Waals surface area contributed by atoms with Crippen LogP contribution in [0.15, 0.2) is 34.8 Å². The van der Waals surface area contributed by atoms with Gasteiger partial charge in [0.05, 0.1) is 18.3 Å². The standard InChI is InChI=1S/C15H24N6S/c1-16-15(17-10-12-7-8-19-21(12)4)18-11-13(20(2)3)14-6-5-9-22-14/h5-9,13H,10-11H2,1-4H3,(H2,16,17,18). The van der Waals surface area contributed by atoms with E-state index in [0.717, 1.165) is 18.2 Å². The second kappa shape index (κ2) is 7.95. The van der Waals surface area contributed by atoms with Crippen molar-refractivity contribution >= 4 is 17.3 Å². The maximum Gasteiger partial charge on any atom is 0.191 e. The lowest BCUT2D eigenvalue weighted by atomic mass is 10.2. The van der Waals surface area contributed by atoms with E-state index in [9.17, 15) is 0 Å². The summed E-state index contributed by atoms with van der Waals surface area (Å²) < 4.78 is 1.86. The van der Waals surface area contributed by atoms with Crippen molar-refractivity contribution in [3.8, 4) is 0 Å². The zero-order valence-corrected chi connectivity index (χ0v) is 14.4. The van der Waals surface area contributed by atoms with Crippen molar-refractivity contribution in [2.75, 3.05) is 27.7 Å². The number of aryl methyl sites for hydroxylation is 1. The number of nitrogens with one attached hydrogen (secondary N) is 2. The number of likely N-dealkylation sites (N-methyl/N-ethyl adjacent to an activating group) is 1. The summed E-state index contributed by atoms with van der Waals surface area (Å²) >= 11 is 1.78. The molecule has 0 amide bonds. The fourth-order valence-electron chi connectivity index (χ4n) is 2.18. The predicted molar refractivity (Wildman–Crippen MR) is 92.2 cm³/mol. The van der Waals surface area contributed by atoms with E-state index in [-0.39, 0.29) is 0 Å². The van der Waals surface area contributed by atoms with Gasteiger partial charge in [0, 0.05) is 31.7 Å². The van der Waals surface area contributed by atoms with Gasteiger partial charge in [0.25, 0.3) is 0 Å². The molecule has 0 aliphatic carbocycles. The van der Waals surface area contributed by atoms with E-state index in [4.69, 9.17) is 0 Å². The highest BCUT2D eigenvalue weighted by Crippen LogP contribution is 2.22. The van der Waals surface area contributed by atoms with Crippen LogP contribution >= 0.6 is 11.3 Å². The Balaban J connectivity index is 1.89. The first-order valence-corrected chi connectivity index (χ1v) is 8.11. The van der Waals surface area contributed by atoms with Crippen molar-refractivity contribution in [1.29, 1.82) is 0 Å². The second-order valence-corrected chi connectivity index (χ2v) is 6.23. The zero-order chi connectivity index (χ0) is 15.9. The summed E-state index contributed by atoms with van der Waals surface area (Å²) in [7, 11) is 7.91. The van der Waals surface area contributed by atoms with Gasteiger partial charge in [-0.15, -0.1) is 11.3 Å². The third-order valence-corrected chi connectivity index (χ3v) is 4.51. The highest BCUT2D eigenvalue weighted by atomic mass is 32.1. The first kappa shape index (κ1) is 16.5. The topological polar surface area (TPSA) is 57.5 Å². The largest absolute Gasteiger partial charge is 0.354 e. The van der Waals surface area contributed by atoms with Crippen LogP contribution in [-0.2, 0) is 13.6 Å². The minimum atomic E-state index is 0.329. The maximum absolute atomic E-state index is 4.28. The molecule has 2 aromatic rings. The van der Waals surface area contributed by atoms with Crippen LogP contribution < -0.4 is 10.6 Å². The van der Waals surface area contributed by atoms with Crippen LogP contribution in [0.4, 0.5) is 0 Å². The van der Waals surface area contributed by atoms with Crippen LogP contribution in [-0.4, -0.2) is 48.3 Å². The van der Waals surface area contributed by atoms with Gasteiger partial charge in [0.15, 0.2) is 5.96 Å². The minimum absolute atomic E-state index is 0.329. The molecule has 0 radical (unpaired) electrons. The molecule has 2 aromatic heterocycles. The van der Waals surface area contributed by atoms with Gasteiger partial charge in [-0.05, 0) is 31.6 Å². The number of guanidine groups is 1. The minimum Gasteiger partial charge on any atom is -0.354 e. The van der Waals surface area contributed by atoms with E-state index in [2.05, 4.69) is 57.2 Å². The van der Waals surface area contributed by atoms with Crippen LogP contribution in [0, 0.1) is 0 Å². The Kier molecular flexibility index (Phi) is 5.97. The smallest absolute Gasteiger partial charge is 0.191 e. The van der Waals surface area contributed by atoms with Crippen molar-refractivity contribution < 1.29 is 0 Å². The van der Waals surface area contributed by atoms with E-state index < -0.39 is 0 Å². The fourth-order valence-corrected chi connectivity index (χ4v) is 3.10. The summed E-state index contributed by atoms with van der Waals surface area (Å²) in [5.74, 6) is 0.796. The van der Waals surface area contributed by atoms with Crippen molar-refractivity contribution in [1.82, 2.24) is 25.3 Å². The lowest BCUT2D eigenvalue weighted by Gasteiger charge is -2.24. The van der Waals surface area contributed by atoms with E-state index in [1.165, 1.54) is 4.88 Å². The molecule has 2 N–H and O–H groups in total. The van der Waals surface area contributed by atoms with Gasteiger partial charge in [0.1, 0.15) is 0 Å². The van der Waals surface area contributed by atoms with Gasteiger partial charge >= 0.3 is 0 Å². The van der Waals surface area contributed by atoms with Crippen molar-refractivity contribution in [3.05, 3.63) is 40.3 Å². The van der Waals surface area contributed by atoms with Gasteiger partial charge in [-0.25, -0.2) is 0 Å². The molecule has 7 heteroatoms. The van der Waals surface area contributed by atoms with Crippen LogP contribution in [0.3, 0.4) is 0 Å². The van der Waals surface area contributed by atoms with E-state index in [1.807, 2.05) is 17.8 Å². The maximum atomic E-state index is 4.28. The molecule has 0 spiro atoms. The molecule has 0 aliphatic rings. The Morgan fingerprint density at radius 1 is 1.41 bits per heavy atom. The Morgan fingerprint density at radius 2 is 2.23 bits per heavy atom. The van der Waals surface area contributed by atoms with E-state index in [1.54, 1.807) is 24.6 Å². The quantitative estimate of drug-likeness (QED) is 0.625. The Labute approximate surface area is 135 Å². The molecule has 0 bridgehead atoms.